The van der Waals surface area contributed by atoms with Gasteiger partial charge in [-0.3, -0.25) is 4.79 Å². The maximum absolute atomic E-state index is 13.1. The number of nitrogens with one attached hydrogen (secondary N) is 1. The molecule has 0 saturated carbocycles. The minimum atomic E-state index is -0.202. The molecule has 0 aromatic carbocycles. The topological polar surface area (TPSA) is 63.1 Å². The second-order valence-electron chi connectivity index (χ2n) is 8.08. The monoisotopic (exact) mass is 315 g/mol. The van der Waals surface area contributed by atoms with Gasteiger partial charge in [0.2, 0.25) is 0 Å². The lowest BCUT2D eigenvalue weighted by Gasteiger charge is -2.48. The molecule has 3 heterocycles. The smallest absolute Gasteiger partial charge is 0.162 e. The van der Waals surface area contributed by atoms with E-state index in [9.17, 15) is 4.79 Å². The Kier molecular flexibility index (Phi) is 3.28. The molecule has 1 fully saturated rings. The quantitative estimate of drug-likeness (QED) is 0.805. The second-order valence-corrected chi connectivity index (χ2v) is 8.08. The predicted octanol–water partition coefficient (Wildman–Crippen LogP) is 3.49. The van der Waals surface area contributed by atoms with E-state index in [1.807, 2.05) is 0 Å². The number of fused-ring (bicyclic) bond motifs is 2. The minimum Gasteiger partial charge on any atom is -0.378 e. The Hall–Kier alpha value is -1.49. The van der Waals surface area contributed by atoms with Crippen LogP contribution in [0.5, 0.6) is 0 Å². The second kappa shape index (κ2) is 5.00. The molecule has 4 rings (SSSR count). The van der Waals surface area contributed by atoms with E-state index >= 15 is 0 Å². The first-order valence-electron chi connectivity index (χ1n) is 8.72. The number of ether oxygens (including phenoxy) is 1. The highest BCUT2D eigenvalue weighted by atomic mass is 16.5. The molecule has 0 aromatic rings. The van der Waals surface area contributed by atoms with Gasteiger partial charge in [0.25, 0.3) is 0 Å². The Labute approximate surface area is 137 Å². The first-order chi connectivity index (χ1) is 11.0. The lowest BCUT2D eigenvalue weighted by molar-refractivity contribution is -0.120. The molecule has 23 heavy (non-hydrogen) atoms. The van der Waals surface area contributed by atoms with E-state index in [2.05, 4.69) is 36.3 Å². The van der Waals surface area contributed by atoms with Crippen molar-refractivity contribution in [1.82, 2.24) is 5.32 Å². The van der Waals surface area contributed by atoms with Crippen molar-refractivity contribution >= 4 is 5.78 Å². The molecule has 1 aliphatic carbocycles. The molecule has 0 radical (unpaired) electrons. The van der Waals surface area contributed by atoms with Crippen molar-refractivity contribution in [3.05, 3.63) is 22.7 Å². The van der Waals surface area contributed by atoms with Gasteiger partial charge in [-0.15, -0.1) is 5.11 Å². The zero-order valence-electron chi connectivity index (χ0n) is 14.2. The zero-order valence-corrected chi connectivity index (χ0v) is 14.2. The van der Waals surface area contributed by atoms with E-state index in [-0.39, 0.29) is 16.9 Å². The molecule has 1 N–H and O–H groups in total. The fraction of sp³-hybridized carbons (Fsp3) is 0.722. The van der Waals surface area contributed by atoms with Gasteiger partial charge in [0.15, 0.2) is 11.6 Å². The first-order valence-corrected chi connectivity index (χ1v) is 8.72. The van der Waals surface area contributed by atoms with E-state index in [4.69, 9.17) is 4.74 Å². The van der Waals surface area contributed by atoms with Crippen LogP contribution in [0.4, 0.5) is 0 Å². The summed E-state index contributed by atoms with van der Waals surface area (Å²) in [6.45, 7) is 7.82. The highest BCUT2D eigenvalue weighted by Gasteiger charge is 2.53. The van der Waals surface area contributed by atoms with Crippen LogP contribution in [0.15, 0.2) is 32.9 Å². The number of Topliss-reactive ketones (excluding diaryl/α,β-unsaturated/α-hetero) is 1. The van der Waals surface area contributed by atoms with Gasteiger partial charge in [-0.1, -0.05) is 20.8 Å². The molecule has 2 atom stereocenters. The Bertz CT molecular complexity index is 659. The van der Waals surface area contributed by atoms with Crippen LogP contribution in [0.25, 0.3) is 0 Å². The molecule has 124 valence electrons. The van der Waals surface area contributed by atoms with E-state index < -0.39 is 0 Å². The van der Waals surface area contributed by atoms with Gasteiger partial charge in [-0.25, -0.2) is 0 Å². The lowest BCUT2D eigenvalue weighted by atomic mass is 9.59. The Morgan fingerprint density at radius 2 is 2.17 bits per heavy atom. The number of nitrogens with zero attached hydrogens (tertiary/aromatic N) is 2. The summed E-state index contributed by atoms with van der Waals surface area (Å²) in [5.41, 5.74) is 3.12. The molecule has 4 aliphatic rings. The molecular formula is C18H25N3O2. The summed E-state index contributed by atoms with van der Waals surface area (Å²) in [7, 11) is 0. The van der Waals surface area contributed by atoms with Crippen molar-refractivity contribution < 1.29 is 9.53 Å². The van der Waals surface area contributed by atoms with Crippen molar-refractivity contribution in [2.24, 2.45) is 21.1 Å². The first kappa shape index (κ1) is 15.1. The lowest BCUT2D eigenvalue weighted by Crippen LogP contribution is -2.48. The summed E-state index contributed by atoms with van der Waals surface area (Å²) in [6, 6.07) is 0. The van der Waals surface area contributed by atoms with Crippen molar-refractivity contribution in [3.63, 3.8) is 0 Å². The van der Waals surface area contributed by atoms with E-state index in [1.54, 1.807) is 0 Å². The molecular weight excluding hydrogens is 290 g/mol. The fourth-order valence-electron chi connectivity index (χ4n) is 4.78. The third-order valence-electron chi connectivity index (χ3n) is 5.80. The van der Waals surface area contributed by atoms with Crippen molar-refractivity contribution in [3.8, 4) is 0 Å². The molecule has 3 aliphatic heterocycles. The van der Waals surface area contributed by atoms with Gasteiger partial charge >= 0.3 is 0 Å². The largest absolute Gasteiger partial charge is 0.378 e. The summed E-state index contributed by atoms with van der Waals surface area (Å²) in [4.78, 5) is 13.1. The molecule has 5 nitrogen and oxygen atoms in total. The maximum Gasteiger partial charge on any atom is 0.162 e. The number of hydrogen-bond acceptors (Lipinski definition) is 5. The number of dihydropyridines is 1. The minimum absolute atomic E-state index is 0.00718. The number of allylic oxidation sites excluding steroid dienone is 2. The third-order valence-corrected chi connectivity index (χ3v) is 5.80. The molecule has 1 spiro atoms. The van der Waals surface area contributed by atoms with Crippen LogP contribution in [0.2, 0.25) is 0 Å². The van der Waals surface area contributed by atoms with Crippen molar-refractivity contribution in [2.75, 3.05) is 13.2 Å². The average Bonchev–Trinajstić information content (AvgIpc) is 2.94. The van der Waals surface area contributed by atoms with E-state index in [0.717, 1.165) is 42.8 Å². The van der Waals surface area contributed by atoms with Gasteiger partial charge in [0.05, 0.1) is 12.6 Å². The number of carbonyl (C=O) groups is 1. The number of hydrogen-bond donors (Lipinski definition) is 1. The Balaban J connectivity index is 1.84. The third kappa shape index (κ3) is 2.20. The van der Waals surface area contributed by atoms with Crippen molar-refractivity contribution in [2.45, 2.75) is 59.0 Å². The summed E-state index contributed by atoms with van der Waals surface area (Å²) >= 11 is 0. The van der Waals surface area contributed by atoms with Crippen LogP contribution in [0.1, 0.15) is 52.9 Å². The van der Waals surface area contributed by atoms with E-state index in [1.165, 1.54) is 5.57 Å². The number of azo groups is 1. The fourth-order valence-corrected chi connectivity index (χ4v) is 4.78. The number of carbonyl (C=O) groups excluding carboxylic acids is 1. The summed E-state index contributed by atoms with van der Waals surface area (Å²) in [5, 5.41) is 12.0. The normalized spacial score (nSPS) is 35.4. The van der Waals surface area contributed by atoms with Gasteiger partial charge in [-0.05, 0) is 31.1 Å². The maximum atomic E-state index is 13.1. The van der Waals surface area contributed by atoms with Gasteiger partial charge < -0.3 is 10.1 Å². The number of ketones is 1. The summed E-state index contributed by atoms with van der Waals surface area (Å²) < 4.78 is 5.92. The van der Waals surface area contributed by atoms with Crippen LogP contribution < -0.4 is 5.32 Å². The van der Waals surface area contributed by atoms with E-state index in [0.29, 0.717) is 25.4 Å². The van der Waals surface area contributed by atoms with Crippen LogP contribution in [0, 0.1) is 10.8 Å². The Morgan fingerprint density at radius 1 is 1.35 bits per heavy atom. The van der Waals surface area contributed by atoms with Crippen LogP contribution in [-0.4, -0.2) is 25.0 Å². The molecule has 1 saturated heterocycles. The van der Waals surface area contributed by atoms with Gasteiger partial charge in [0, 0.05) is 35.3 Å². The molecule has 0 aromatic heterocycles. The predicted molar refractivity (Wildman–Crippen MR) is 86.6 cm³/mol. The number of rotatable bonds is 1. The standard InChI is InChI=1S/C18H25N3O2/c1-4-11-7-18(5-6-23-11)12-10-19-21-16(12)20-13-8-17(2,3)9-14(22)15(13)18/h11,20H,4-10H2,1-3H3/t11-,18-/m1/s1. The van der Waals surface area contributed by atoms with Crippen LogP contribution in [-0.2, 0) is 9.53 Å². The molecule has 5 heteroatoms. The van der Waals surface area contributed by atoms with Crippen LogP contribution >= 0.6 is 0 Å². The Morgan fingerprint density at radius 3 is 2.96 bits per heavy atom. The SMILES string of the molecule is CC[C@@H]1C[C@]2(CCO1)C1=C(N=NC1)NC1=C2C(=O)CC(C)(C)C1. The van der Waals surface area contributed by atoms with Gasteiger partial charge in [-0.2, -0.15) is 5.11 Å². The summed E-state index contributed by atoms with van der Waals surface area (Å²) in [5.74, 6) is 1.20. The highest BCUT2D eigenvalue weighted by Crippen LogP contribution is 2.55. The zero-order chi connectivity index (χ0) is 16.2. The van der Waals surface area contributed by atoms with Crippen molar-refractivity contribution in [1.29, 1.82) is 0 Å². The molecule has 0 amide bonds. The summed E-state index contributed by atoms with van der Waals surface area (Å²) in [6.07, 6.45) is 4.49. The average molecular weight is 315 g/mol. The molecule has 0 unspecified atom stereocenters. The molecule has 0 bridgehead atoms. The van der Waals surface area contributed by atoms with Gasteiger partial charge in [0.1, 0.15) is 0 Å². The highest BCUT2D eigenvalue weighted by molar-refractivity contribution is 6.00. The van der Waals surface area contributed by atoms with Crippen LogP contribution in [0.3, 0.4) is 0 Å².